The molecule has 2 heterocycles. The number of hydrogen-bond acceptors (Lipinski definition) is 4. The quantitative estimate of drug-likeness (QED) is 0.849. The minimum absolute atomic E-state index is 0.237. The number of likely N-dealkylation sites (N-methyl/N-ethyl adjacent to an activating group) is 1. The van der Waals surface area contributed by atoms with Gasteiger partial charge in [0.2, 0.25) is 0 Å². The van der Waals surface area contributed by atoms with E-state index in [1.807, 2.05) is 0 Å². The van der Waals surface area contributed by atoms with Crippen molar-refractivity contribution in [1.82, 2.24) is 19.4 Å². The summed E-state index contributed by atoms with van der Waals surface area (Å²) < 4.78 is 27.4. The molecule has 102 valence electrons. The summed E-state index contributed by atoms with van der Waals surface area (Å²) in [5, 5.41) is 7.50. The Morgan fingerprint density at radius 3 is 2.89 bits per heavy atom. The first-order valence-electron chi connectivity index (χ1n) is 6.19. The minimum atomic E-state index is -3.43. The number of nitrogens with one attached hydrogen (secondary N) is 1. The summed E-state index contributed by atoms with van der Waals surface area (Å²) >= 11 is 0. The maximum atomic E-state index is 12.3. The number of rotatable bonds is 4. The van der Waals surface area contributed by atoms with E-state index in [4.69, 9.17) is 0 Å². The zero-order valence-corrected chi connectivity index (χ0v) is 11.7. The molecule has 0 saturated carbocycles. The van der Waals surface area contributed by atoms with Crippen LogP contribution in [0.3, 0.4) is 0 Å². The van der Waals surface area contributed by atoms with Crippen molar-refractivity contribution in [3.63, 3.8) is 0 Å². The summed E-state index contributed by atoms with van der Waals surface area (Å²) in [7, 11) is -0.170. The van der Waals surface area contributed by atoms with Crippen LogP contribution >= 0.6 is 0 Å². The van der Waals surface area contributed by atoms with Crippen LogP contribution in [0.15, 0.2) is 17.3 Å². The molecule has 1 fully saturated rings. The summed E-state index contributed by atoms with van der Waals surface area (Å²) in [6, 6.07) is 1.78. The van der Waals surface area contributed by atoms with Crippen molar-refractivity contribution in [2.75, 3.05) is 20.1 Å². The van der Waals surface area contributed by atoms with Gasteiger partial charge in [0, 0.05) is 26.7 Å². The molecule has 0 radical (unpaired) electrons. The van der Waals surface area contributed by atoms with Gasteiger partial charge >= 0.3 is 0 Å². The van der Waals surface area contributed by atoms with E-state index in [1.54, 1.807) is 14.1 Å². The van der Waals surface area contributed by atoms with Crippen LogP contribution in [0.1, 0.15) is 19.3 Å². The molecule has 0 bridgehead atoms. The van der Waals surface area contributed by atoms with Crippen LogP contribution in [0.4, 0.5) is 0 Å². The molecule has 1 unspecified atom stereocenters. The molecule has 18 heavy (non-hydrogen) atoms. The van der Waals surface area contributed by atoms with Crippen LogP contribution in [0.25, 0.3) is 0 Å². The Kier molecular flexibility index (Phi) is 4.04. The Bertz CT molecular complexity index is 491. The number of aryl methyl sites for hydroxylation is 1. The van der Waals surface area contributed by atoms with Crippen LogP contribution in [-0.4, -0.2) is 48.7 Å². The first kappa shape index (κ1) is 13.5. The highest BCUT2D eigenvalue weighted by atomic mass is 32.2. The molecule has 0 spiro atoms. The van der Waals surface area contributed by atoms with Gasteiger partial charge in [-0.1, -0.05) is 6.42 Å². The summed E-state index contributed by atoms with van der Waals surface area (Å²) in [6.45, 7) is 1.48. The van der Waals surface area contributed by atoms with Crippen molar-refractivity contribution in [3.05, 3.63) is 12.3 Å². The molecule has 1 atom stereocenters. The molecule has 1 aromatic rings. The van der Waals surface area contributed by atoms with Crippen molar-refractivity contribution in [2.45, 2.75) is 30.3 Å². The van der Waals surface area contributed by atoms with Gasteiger partial charge in [0.15, 0.2) is 5.03 Å². The average Bonchev–Trinajstić information content (AvgIpc) is 2.77. The van der Waals surface area contributed by atoms with Crippen LogP contribution in [-0.2, 0) is 17.1 Å². The van der Waals surface area contributed by atoms with E-state index in [0.717, 1.165) is 19.4 Å². The third-order valence-electron chi connectivity index (χ3n) is 3.34. The first-order chi connectivity index (χ1) is 8.51. The van der Waals surface area contributed by atoms with Crippen molar-refractivity contribution >= 4 is 10.0 Å². The molecule has 2 rings (SSSR count). The fourth-order valence-corrected chi connectivity index (χ4v) is 3.57. The lowest BCUT2D eigenvalue weighted by atomic mass is 10.1. The van der Waals surface area contributed by atoms with Gasteiger partial charge in [0.05, 0.1) is 6.20 Å². The van der Waals surface area contributed by atoms with E-state index in [2.05, 4.69) is 10.4 Å². The van der Waals surface area contributed by atoms with Crippen LogP contribution in [0.2, 0.25) is 0 Å². The highest BCUT2D eigenvalue weighted by Gasteiger charge is 2.26. The van der Waals surface area contributed by atoms with Gasteiger partial charge in [-0.3, -0.25) is 4.68 Å². The minimum Gasteiger partial charge on any atom is -0.313 e. The molecule has 0 aliphatic carbocycles. The lowest BCUT2D eigenvalue weighted by molar-refractivity contribution is 0.336. The Hall–Kier alpha value is -0.920. The fraction of sp³-hybridized carbons (Fsp3) is 0.727. The van der Waals surface area contributed by atoms with Gasteiger partial charge in [-0.2, -0.15) is 9.40 Å². The zero-order valence-electron chi connectivity index (χ0n) is 10.8. The van der Waals surface area contributed by atoms with E-state index in [0.29, 0.717) is 6.54 Å². The van der Waals surface area contributed by atoms with Gasteiger partial charge in [0.25, 0.3) is 10.0 Å². The smallest absolute Gasteiger partial charge is 0.260 e. The largest absolute Gasteiger partial charge is 0.313 e. The molecule has 6 nitrogen and oxygen atoms in total. The second kappa shape index (κ2) is 5.38. The molecule has 1 aliphatic heterocycles. The van der Waals surface area contributed by atoms with Crippen LogP contribution < -0.4 is 5.32 Å². The van der Waals surface area contributed by atoms with E-state index in [1.165, 1.54) is 27.7 Å². The monoisotopic (exact) mass is 272 g/mol. The van der Waals surface area contributed by atoms with E-state index < -0.39 is 10.0 Å². The Balaban J connectivity index is 2.08. The third-order valence-corrected chi connectivity index (χ3v) is 5.24. The van der Waals surface area contributed by atoms with E-state index in [-0.39, 0.29) is 11.1 Å². The number of hydrogen-bond donors (Lipinski definition) is 1. The number of aromatic nitrogens is 2. The molecular formula is C11H20N4O2S. The number of sulfonamides is 1. The summed E-state index contributed by atoms with van der Waals surface area (Å²) in [6.07, 6.45) is 4.87. The van der Waals surface area contributed by atoms with Gasteiger partial charge in [-0.15, -0.1) is 0 Å². The molecular weight excluding hydrogens is 252 g/mol. The summed E-state index contributed by atoms with van der Waals surface area (Å²) in [5.41, 5.74) is 0. The molecule has 1 saturated heterocycles. The predicted octanol–water partition coefficient (Wildman–Crippen LogP) is 0.183. The van der Waals surface area contributed by atoms with Gasteiger partial charge < -0.3 is 5.32 Å². The SMILES string of the molecule is CN(CC1CCCCN1)S(=O)(=O)c1ccnn1C. The zero-order chi connectivity index (χ0) is 13.2. The van der Waals surface area contributed by atoms with Crippen LogP contribution in [0.5, 0.6) is 0 Å². The van der Waals surface area contributed by atoms with E-state index >= 15 is 0 Å². The highest BCUT2D eigenvalue weighted by Crippen LogP contribution is 2.15. The predicted molar refractivity (Wildman–Crippen MR) is 68.7 cm³/mol. The van der Waals surface area contributed by atoms with Crippen molar-refractivity contribution < 1.29 is 8.42 Å². The third kappa shape index (κ3) is 2.73. The highest BCUT2D eigenvalue weighted by molar-refractivity contribution is 7.89. The standard InChI is InChI=1S/C11H20N4O2S/c1-14(9-10-5-3-4-7-12-10)18(16,17)11-6-8-13-15(11)2/h6,8,10,12H,3-5,7,9H2,1-2H3. The van der Waals surface area contributed by atoms with Crippen LogP contribution in [0, 0.1) is 0 Å². The maximum absolute atomic E-state index is 12.3. The average molecular weight is 272 g/mol. The second-order valence-corrected chi connectivity index (χ2v) is 6.72. The Labute approximate surface area is 108 Å². The molecule has 0 aromatic carbocycles. The van der Waals surface area contributed by atoms with Crippen molar-refractivity contribution in [2.24, 2.45) is 7.05 Å². The normalized spacial score (nSPS) is 21.4. The van der Waals surface area contributed by atoms with Gasteiger partial charge in [-0.05, 0) is 25.5 Å². The first-order valence-corrected chi connectivity index (χ1v) is 7.63. The van der Waals surface area contributed by atoms with E-state index in [9.17, 15) is 8.42 Å². The maximum Gasteiger partial charge on any atom is 0.260 e. The molecule has 1 N–H and O–H groups in total. The number of piperidine rings is 1. The Morgan fingerprint density at radius 2 is 2.33 bits per heavy atom. The summed E-state index contributed by atoms with van der Waals surface area (Å²) in [4.78, 5) is 0. The van der Waals surface area contributed by atoms with Gasteiger partial charge in [-0.25, -0.2) is 8.42 Å². The second-order valence-electron chi connectivity index (χ2n) is 4.73. The molecule has 1 aliphatic rings. The number of nitrogens with zero attached hydrogens (tertiary/aromatic N) is 3. The van der Waals surface area contributed by atoms with Crippen molar-refractivity contribution in [3.8, 4) is 0 Å². The molecule has 0 amide bonds. The van der Waals surface area contributed by atoms with Gasteiger partial charge in [0.1, 0.15) is 0 Å². The molecule has 1 aromatic heterocycles. The summed E-state index contributed by atoms with van der Waals surface area (Å²) in [5.74, 6) is 0. The fourth-order valence-electron chi connectivity index (χ4n) is 2.26. The lowest BCUT2D eigenvalue weighted by Gasteiger charge is -2.27. The molecule has 7 heteroatoms. The lowest BCUT2D eigenvalue weighted by Crippen LogP contribution is -2.44. The topological polar surface area (TPSA) is 67.2 Å². The Morgan fingerprint density at radius 1 is 1.56 bits per heavy atom. The van der Waals surface area contributed by atoms with Crippen molar-refractivity contribution in [1.29, 1.82) is 0 Å².